The molecule has 4 heteroatoms. The van der Waals surface area contributed by atoms with Crippen molar-refractivity contribution in [3.8, 4) is 5.75 Å². The van der Waals surface area contributed by atoms with Crippen molar-refractivity contribution < 1.29 is 4.74 Å². The third-order valence-corrected chi connectivity index (χ3v) is 4.01. The highest BCUT2D eigenvalue weighted by atomic mass is 35.5. The summed E-state index contributed by atoms with van der Waals surface area (Å²) in [4.78, 5) is 5.14. The molecule has 0 amide bonds. The van der Waals surface area contributed by atoms with Gasteiger partial charge in [-0.15, -0.1) is 22.9 Å². The van der Waals surface area contributed by atoms with Gasteiger partial charge in [0.15, 0.2) is 0 Å². The summed E-state index contributed by atoms with van der Waals surface area (Å²) in [5.74, 6) is 1.29. The Morgan fingerprint density at radius 3 is 2.84 bits per heavy atom. The Morgan fingerprint density at radius 2 is 2.05 bits per heavy atom. The van der Waals surface area contributed by atoms with Crippen LogP contribution < -0.4 is 4.74 Å². The van der Waals surface area contributed by atoms with Gasteiger partial charge >= 0.3 is 0 Å². The molecule has 2 nitrogen and oxygen atoms in total. The summed E-state index contributed by atoms with van der Waals surface area (Å²) in [5.41, 5.74) is 2.85. The summed E-state index contributed by atoms with van der Waals surface area (Å²) < 4.78 is 5.87. The van der Waals surface area contributed by atoms with Crippen molar-refractivity contribution in [1.29, 1.82) is 0 Å². The van der Waals surface area contributed by atoms with Crippen molar-refractivity contribution in [2.45, 2.75) is 12.5 Å². The first-order chi connectivity index (χ1) is 9.38. The SMILES string of the molecule is ClCc1c(OCc2cncs2)ccc2ccccc12. The number of hydrogen-bond acceptors (Lipinski definition) is 3. The molecule has 2 aromatic carbocycles. The van der Waals surface area contributed by atoms with E-state index < -0.39 is 0 Å². The quantitative estimate of drug-likeness (QED) is 0.654. The topological polar surface area (TPSA) is 22.1 Å². The van der Waals surface area contributed by atoms with Gasteiger partial charge in [-0.25, -0.2) is 0 Å². The standard InChI is InChI=1S/C15H12ClNOS/c16-7-14-13-4-2-1-3-11(13)5-6-15(14)18-9-12-8-17-10-19-12/h1-6,8,10H,7,9H2. The second-order valence-corrected chi connectivity index (χ2v) is 5.39. The predicted molar refractivity (Wildman–Crippen MR) is 80.0 cm³/mol. The van der Waals surface area contributed by atoms with E-state index in [4.69, 9.17) is 16.3 Å². The molecule has 0 aliphatic carbocycles. The maximum absolute atomic E-state index is 6.08. The number of rotatable bonds is 4. The van der Waals surface area contributed by atoms with E-state index in [1.165, 1.54) is 5.39 Å². The van der Waals surface area contributed by atoms with E-state index in [2.05, 4.69) is 23.2 Å². The minimum absolute atomic E-state index is 0.444. The molecule has 3 rings (SSSR count). The molecule has 1 aromatic heterocycles. The van der Waals surface area contributed by atoms with E-state index in [0.717, 1.165) is 21.6 Å². The lowest BCUT2D eigenvalue weighted by Crippen LogP contribution is -1.97. The van der Waals surface area contributed by atoms with Crippen molar-refractivity contribution in [3.05, 3.63) is 58.5 Å². The fourth-order valence-corrected chi connectivity index (χ4v) is 2.83. The largest absolute Gasteiger partial charge is 0.488 e. The normalized spacial score (nSPS) is 10.8. The Morgan fingerprint density at radius 1 is 1.16 bits per heavy atom. The van der Waals surface area contributed by atoms with Gasteiger partial charge in [0.25, 0.3) is 0 Å². The van der Waals surface area contributed by atoms with Gasteiger partial charge in [0.05, 0.1) is 16.3 Å². The van der Waals surface area contributed by atoms with Gasteiger partial charge < -0.3 is 4.74 Å². The third kappa shape index (κ3) is 2.57. The highest BCUT2D eigenvalue weighted by Gasteiger charge is 2.08. The zero-order valence-electron chi connectivity index (χ0n) is 10.2. The van der Waals surface area contributed by atoms with Crippen molar-refractivity contribution in [2.24, 2.45) is 0 Å². The van der Waals surface area contributed by atoms with Crippen LogP contribution in [0.15, 0.2) is 48.1 Å². The van der Waals surface area contributed by atoms with Crippen LogP contribution in [0.25, 0.3) is 10.8 Å². The van der Waals surface area contributed by atoms with Gasteiger partial charge in [-0.3, -0.25) is 4.98 Å². The van der Waals surface area contributed by atoms with Crippen LogP contribution in [0.5, 0.6) is 5.75 Å². The smallest absolute Gasteiger partial charge is 0.124 e. The second kappa shape index (κ2) is 5.59. The molecule has 0 bridgehead atoms. The van der Waals surface area contributed by atoms with E-state index in [1.807, 2.05) is 29.9 Å². The maximum atomic E-state index is 6.08. The first kappa shape index (κ1) is 12.5. The van der Waals surface area contributed by atoms with Gasteiger partial charge in [0.2, 0.25) is 0 Å². The molecule has 1 heterocycles. The number of fused-ring (bicyclic) bond motifs is 1. The zero-order chi connectivity index (χ0) is 13.1. The highest BCUT2D eigenvalue weighted by molar-refractivity contribution is 7.09. The number of benzene rings is 2. The average molecular weight is 290 g/mol. The van der Waals surface area contributed by atoms with Crippen LogP contribution in [0.2, 0.25) is 0 Å². The number of halogens is 1. The van der Waals surface area contributed by atoms with E-state index in [9.17, 15) is 0 Å². The molecule has 3 aromatic rings. The summed E-state index contributed by atoms with van der Waals surface area (Å²) in [5, 5.41) is 2.34. The monoisotopic (exact) mass is 289 g/mol. The van der Waals surface area contributed by atoms with Crippen LogP contribution in [0.1, 0.15) is 10.4 Å². The number of nitrogens with zero attached hydrogens (tertiary/aromatic N) is 1. The molecule has 0 aliphatic rings. The van der Waals surface area contributed by atoms with Crippen molar-refractivity contribution in [2.75, 3.05) is 0 Å². The third-order valence-electron chi connectivity index (χ3n) is 2.98. The lowest BCUT2D eigenvalue weighted by atomic mass is 10.0. The highest BCUT2D eigenvalue weighted by Crippen LogP contribution is 2.30. The Labute approximate surface area is 120 Å². The molecule has 0 atom stereocenters. The minimum Gasteiger partial charge on any atom is -0.488 e. The Hall–Kier alpha value is -1.58. The number of hydrogen-bond donors (Lipinski definition) is 0. The molecular weight excluding hydrogens is 278 g/mol. The van der Waals surface area contributed by atoms with E-state index >= 15 is 0 Å². The summed E-state index contributed by atoms with van der Waals surface area (Å²) in [6.45, 7) is 0.535. The van der Waals surface area contributed by atoms with Gasteiger partial charge in [-0.05, 0) is 16.8 Å². The average Bonchev–Trinajstić information content (AvgIpc) is 2.97. The molecule has 0 fully saturated rings. The lowest BCUT2D eigenvalue weighted by molar-refractivity contribution is 0.307. The predicted octanol–water partition coefficient (Wildman–Crippen LogP) is 4.61. The summed E-state index contributed by atoms with van der Waals surface area (Å²) in [6, 6.07) is 12.3. The molecule has 0 N–H and O–H groups in total. The number of thiazole rings is 1. The van der Waals surface area contributed by atoms with E-state index in [0.29, 0.717) is 12.5 Å². The number of alkyl halides is 1. The van der Waals surface area contributed by atoms with Gasteiger partial charge in [-0.2, -0.15) is 0 Å². The number of ether oxygens (including phenoxy) is 1. The van der Waals surface area contributed by atoms with Crippen LogP contribution in [-0.2, 0) is 12.5 Å². The van der Waals surface area contributed by atoms with Crippen LogP contribution in [0.4, 0.5) is 0 Å². The fraction of sp³-hybridized carbons (Fsp3) is 0.133. The fourth-order valence-electron chi connectivity index (χ4n) is 2.05. The van der Waals surface area contributed by atoms with Crippen LogP contribution in [0, 0.1) is 0 Å². The van der Waals surface area contributed by atoms with Gasteiger partial charge in [0.1, 0.15) is 12.4 Å². The first-order valence-corrected chi connectivity index (χ1v) is 7.36. The first-order valence-electron chi connectivity index (χ1n) is 5.95. The molecule has 0 saturated carbocycles. The van der Waals surface area contributed by atoms with Crippen LogP contribution in [-0.4, -0.2) is 4.98 Å². The molecule has 0 saturated heterocycles. The van der Waals surface area contributed by atoms with Crippen molar-refractivity contribution >= 4 is 33.7 Å². The molecule has 0 aliphatic heterocycles. The molecule has 19 heavy (non-hydrogen) atoms. The Balaban J connectivity index is 1.94. The van der Waals surface area contributed by atoms with Gasteiger partial charge in [-0.1, -0.05) is 30.3 Å². The van der Waals surface area contributed by atoms with Gasteiger partial charge in [0, 0.05) is 11.8 Å². The maximum Gasteiger partial charge on any atom is 0.124 e. The Bertz CT molecular complexity index is 682. The molecule has 0 radical (unpaired) electrons. The summed E-state index contributed by atoms with van der Waals surface area (Å²) >= 11 is 7.67. The van der Waals surface area contributed by atoms with E-state index in [-0.39, 0.29) is 0 Å². The number of aromatic nitrogens is 1. The molecule has 0 spiro atoms. The Kier molecular flexibility index (Phi) is 3.67. The van der Waals surface area contributed by atoms with E-state index in [1.54, 1.807) is 11.3 Å². The summed E-state index contributed by atoms with van der Waals surface area (Å²) in [7, 11) is 0. The molecule has 0 unspecified atom stereocenters. The second-order valence-electron chi connectivity index (χ2n) is 4.15. The van der Waals surface area contributed by atoms with Crippen molar-refractivity contribution in [1.82, 2.24) is 4.98 Å². The minimum atomic E-state index is 0.444. The van der Waals surface area contributed by atoms with Crippen LogP contribution >= 0.6 is 22.9 Å². The van der Waals surface area contributed by atoms with Crippen molar-refractivity contribution in [3.63, 3.8) is 0 Å². The lowest BCUT2D eigenvalue weighted by Gasteiger charge is -2.11. The molecule has 96 valence electrons. The molecular formula is C15H12ClNOS. The summed E-state index contributed by atoms with van der Waals surface area (Å²) in [6.07, 6.45) is 1.83. The zero-order valence-corrected chi connectivity index (χ0v) is 11.7. The van der Waals surface area contributed by atoms with Crippen LogP contribution in [0.3, 0.4) is 0 Å².